The second-order valence-corrected chi connectivity index (χ2v) is 17.7. The van der Waals surface area contributed by atoms with Crippen molar-refractivity contribution in [3.63, 3.8) is 0 Å². The van der Waals surface area contributed by atoms with Gasteiger partial charge < -0.3 is 70.4 Å². The molecule has 6 aromatic carbocycles. The molecule has 0 saturated carbocycles. The van der Waals surface area contributed by atoms with E-state index in [1.807, 2.05) is 74.5 Å². The predicted octanol–water partition coefficient (Wildman–Crippen LogP) is 10.8. The zero-order chi connectivity index (χ0) is 57.6. The highest BCUT2D eigenvalue weighted by molar-refractivity contribution is 6.07. The molecule has 0 fully saturated rings. The number of amides is 2. The van der Waals surface area contributed by atoms with E-state index in [9.17, 15) is 30.0 Å². The third kappa shape index (κ3) is 18.9. The van der Waals surface area contributed by atoms with Crippen LogP contribution in [-0.4, -0.2) is 106 Å². The summed E-state index contributed by atoms with van der Waals surface area (Å²) in [6, 6.07) is 28.1. The van der Waals surface area contributed by atoms with E-state index in [0.717, 1.165) is 70.2 Å². The lowest BCUT2D eigenvalue weighted by atomic mass is 9.90. The van der Waals surface area contributed by atoms with Crippen molar-refractivity contribution in [2.45, 2.75) is 107 Å². The highest BCUT2D eigenvalue weighted by Gasteiger charge is 2.25. The van der Waals surface area contributed by atoms with E-state index >= 15 is 0 Å². The smallest absolute Gasteiger partial charge is 0.259 e. The Balaban J connectivity index is 0.00000122. The Morgan fingerprint density at radius 2 is 0.615 bits per heavy atom. The van der Waals surface area contributed by atoms with E-state index in [-0.39, 0.29) is 37.6 Å². The highest BCUT2D eigenvalue weighted by Crippen LogP contribution is 2.42. The first-order valence-electron chi connectivity index (χ1n) is 26.8. The van der Waals surface area contributed by atoms with Crippen molar-refractivity contribution < 1.29 is 69.4 Å². The third-order valence-corrected chi connectivity index (χ3v) is 11.2. The fraction of sp³-hybridized carbons (Fsp3) is 0.387. The van der Waals surface area contributed by atoms with E-state index < -0.39 is 34.8 Å². The van der Waals surface area contributed by atoms with Crippen LogP contribution in [0.4, 0.5) is 11.4 Å². The summed E-state index contributed by atoms with van der Waals surface area (Å²) in [5.41, 5.74) is 7.49. The van der Waals surface area contributed by atoms with Gasteiger partial charge in [-0.05, 0) is 124 Å². The van der Waals surface area contributed by atoms with Crippen molar-refractivity contribution in [1.82, 2.24) is 0 Å². The number of nitrogens with one attached hydrogen (secondary N) is 2. The maximum atomic E-state index is 13.8. The number of phenols is 4. The van der Waals surface area contributed by atoms with Crippen LogP contribution in [0.2, 0.25) is 0 Å². The normalized spacial score (nSPS) is 11.0. The number of carbonyl (C=O) groups excluding carboxylic acids is 2. The van der Waals surface area contributed by atoms with Crippen molar-refractivity contribution in [1.29, 1.82) is 0 Å². The van der Waals surface area contributed by atoms with Crippen molar-refractivity contribution >= 4 is 23.2 Å². The van der Waals surface area contributed by atoms with Crippen LogP contribution in [-0.2, 0) is 25.7 Å². The minimum absolute atomic E-state index is 0.0736. The Bertz CT molecular complexity index is 2510. The number of para-hydroxylation sites is 4. The molecule has 16 heteroatoms. The summed E-state index contributed by atoms with van der Waals surface area (Å²) < 4.78 is 26.6. The zero-order valence-corrected chi connectivity index (χ0v) is 46.6. The van der Waals surface area contributed by atoms with Gasteiger partial charge in [0.2, 0.25) is 0 Å². The molecular formula is C62H82N2O14. The van der Waals surface area contributed by atoms with Crippen LogP contribution in [0, 0.1) is 0 Å². The number of phenolic OH excluding ortho intramolecular Hbond substituents is 4. The van der Waals surface area contributed by atoms with Gasteiger partial charge in [0.15, 0.2) is 23.0 Å². The third-order valence-electron chi connectivity index (χ3n) is 11.2. The number of hydrogen-bond acceptors (Lipinski definition) is 14. The first-order valence-corrected chi connectivity index (χ1v) is 26.8. The Kier molecular flexibility index (Phi) is 29.1. The van der Waals surface area contributed by atoms with Crippen LogP contribution in [0.25, 0.3) is 0 Å². The van der Waals surface area contributed by atoms with E-state index in [1.165, 1.54) is 36.4 Å². The van der Waals surface area contributed by atoms with Gasteiger partial charge in [-0.15, -0.1) is 0 Å². The number of carbonyl (C=O) groups is 2. The molecule has 7 rings (SSSR count). The first-order chi connectivity index (χ1) is 37.7. The van der Waals surface area contributed by atoms with Crippen LogP contribution >= 0.6 is 0 Å². The molecule has 0 atom stereocenters. The Labute approximate surface area is 459 Å². The predicted molar refractivity (Wildman–Crippen MR) is 307 cm³/mol. The lowest BCUT2D eigenvalue weighted by molar-refractivity contribution is 0.101. The van der Waals surface area contributed by atoms with Crippen LogP contribution in [0.3, 0.4) is 0 Å². The van der Waals surface area contributed by atoms with Gasteiger partial charge in [0, 0.05) is 85.7 Å². The largest absolute Gasteiger partial charge is 0.504 e. The number of ether oxygens (including phenoxy) is 4. The molecule has 16 nitrogen and oxygen atoms in total. The molecule has 0 radical (unpaired) electrons. The van der Waals surface area contributed by atoms with Crippen LogP contribution < -0.4 is 29.6 Å². The molecule has 1 aliphatic rings. The van der Waals surface area contributed by atoms with Crippen molar-refractivity contribution in [3.05, 3.63) is 153 Å². The van der Waals surface area contributed by atoms with Gasteiger partial charge in [-0.3, -0.25) is 9.59 Å². The fourth-order valence-corrected chi connectivity index (χ4v) is 8.22. The van der Waals surface area contributed by atoms with Crippen molar-refractivity contribution in [3.8, 4) is 46.0 Å². The highest BCUT2D eigenvalue weighted by atomic mass is 16.5. The zero-order valence-electron chi connectivity index (χ0n) is 46.6. The topological polar surface area (TPSA) is 257 Å². The van der Waals surface area contributed by atoms with Gasteiger partial charge in [0.1, 0.15) is 23.0 Å². The van der Waals surface area contributed by atoms with Gasteiger partial charge in [-0.1, -0.05) is 76.2 Å². The number of aliphatic hydroxyl groups is 4. The molecule has 8 bridgehead atoms. The van der Waals surface area contributed by atoms with Gasteiger partial charge in [-0.25, -0.2) is 0 Å². The second-order valence-electron chi connectivity index (χ2n) is 17.7. The number of hydrogen-bond donors (Lipinski definition) is 10. The summed E-state index contributed by atoms with van der Waals surface area (Å²) in [5.74, 6) is -0.266. The Hall–Kier alpha value is -7.50. The summed E-state index contributed by atoms with van der Waals surface area (Å²) in [6.45, 7) is 17.7. The molecule has 0 saturated heterocycles. The molecule has 78 heavy (non-hydrogen) atoms. The fourth-order valence-electron chi connectivity index (χ4n) is 8.22. The SMILES string of the molecule is CCCOc1c2cccc1Cc1cc(NC(=O)c3cccc(O)c3O)cc(c1OCCC)Cc1cccc(c1OCCC)Cc1cc(NC(=O)c3cccc(O)c3O)cc(c1OCCC)C2.CCO.CCO.CCO.CCO. The van der Waals surface area contributed by atoms with Gasteiger partial charge in [0.25, 0.3) is 11.8 Å². The van der Waals surface area contributed by atoms with Crippen LogP contribution in [0.1, 0.15) is 146 Å². The van der Waals surface area contributed by atoms with Gasteiger partial charge in [0.05, 0.1) is 37.6 Å². The van der Waals surface area contributed by atoms with E-state index in [2.05, 4.69) is 24.5 Å². The molecule has 424 valence electrons. The molecule has 0 heterocycles. The first kappa shape index (κ1) is 64.8. The van der Waals surface area contributed by atoms with Gasteiger partial charge >= 0.3 is 0 Å². The average Bonchev–Trinajstić information content (AvgIpc) is 3.40. The molecule has 0 aliphatic heterocycles. The van der Waals surface area contributed by atoms with Gasteiger partial charge in [-0.2, -0.15) is 0 Å². The molecule has 2 amide bonds. The maximum Gasteiger partial charge on any atom is 0.259 e. The molecule has 10 N–H and O–H groups in total. The molecule has 0 spiro atoms. The average molecular weight is 1080 g/mol. The molecule has 6 aromatic rings. The summed E-state index contributed by atoms with van der Waals surface area (Å²) in [4.78, 5) is 27.6. The summed E-state index contributed by atoms with van der Waals surface area (Å²) in [6.07, 6.45) is 4.44. The standard InChI is InChI=1S/C54H58N2O10.4C2H6O/c1-5-21-63-49-33-13-9-14-34(49)26-38-30-42(56-54(62)44-18-12-20-46(58)48(44)60)32-40(52(38)66-24-8-4)28-36-16-10-15-35(50(36)64-22-6-2)27-39-31-41(29-37(25-33)51(39)65-23-7-3)55-53(61)43-17-11-19-45(57)47(43)59;4*1-2-3/h9-20,29-32,57-60H,5-8,21-28H2,1-4H3,(H,55,61)(H,56,62);4*3H,2H2,1H3. The van der Waals surface area contributed by atoms with Crippen LogP contribution in [0.5, 0.6) is 46.0 Å². The number of anilines is 2. The molecule has 0 aromatic heterocycles. The van der Waals surface area contributed by atoms with E-state index in [4.69, 9.17) is 39.4 Å². The molecular weight excluding hydrogens is 997 g/mol. The van der Waals surface area contributed by atoms with Crippen molar-refractivity contribution in [2.75, 3.05) is 63.5 Å². The monoisotopic (exact) mass is 1080 g/mol. The minimum atomic E-state index is -0.593. The Morgan fingerprint density at radius 1 is 0.385 bits per heavy atom. The van der Waals surface area contributed by atoms with E-state index in [0.29, 0.717) is 86.5 Å². The number of fused-ring (bicyclic) bond motifs is 8. The van der Waals surface area contributed by atoms with E-state index in [1.54, 1.807) is 27.7 Å². The summed E-state index contributed by atoms with van der Waals surface area (Å²) in [5, 5.41) is 78.0. The number of benzene rings is 6. The lowest BCUT2D eigenvalue weighted by Crippen LogP contribution is -2.15. The second kappa shape index (κ2) is 35.0. The number of aliphatic hydroxyl groups excluding tert-OH is 4. The summed E-state index contributed by atoms with van der Waals surface area (Å²) in [7, 11) is 0. The van der Waals surface area contributed by atoms with Crippen molar-refractivity contribution in [2.24, 2.45) is 0 Å². The maximum absolute atomic E-state index is 13.8. The molecule has 1 aliphatic carbocycles. The Morgan fingerprint density at radius 3 is 0.859 bits per heavy atom. The minimum Gasteiger partial charge on any atom is -0.504 e. The lowest BCUT2D eigenvalue weighted by Gasteiger charge is -2.24. The number of aromatic hydroxyl groups is 4. The van der Waals surface area contributed by atoms with Crippen LogP contribution in [0.15, 0.2) is 97.1 Å². The molecule has 0 unspecified atom stereocenters. The summed E-state index contributed by atoms with van der Waals surface area (Å²) >= 11 is 0. The quantitative estimate of drug-likeness (QED) is 0.0404. The number of rotatable bonds is 16.